The van der Waals surface area contributed by atoms with Crippen molar-refractivity contribution in [1.29, 1.82) is 0 Å². The van der Waals surface area contributed by atoms with Crippen LogP contribution >= 0.6 is 0 Å². The summed E-state index contributed by atoms with van der Waals surface area (Å²) in [6.45, 7) is 0. The lowest BCUT2D eigenvalue weighted by Gasteiger charge is -2.04. The number of ether oxygens (including phenoxy) is 1. The van der Waals surface area contributed by atoms with Gasteiger partial charge in [-0.15, -0.1) is 0 Å². The van der Waals surface area contributed by atoms with Gasteiger partial charge in [0, 0.05) is 17.4 Å². The molecule has 2 aromatic carbocycles. The van der Waals surface area contributed by atoms with Gasteiger partial charge in [0.05, 0.1) is 6.20 Å². The molecule has 0 unspecified atom stereocenters. The fourth-order valence-corrected chi connectivity index (χ4v) is 1.69. The van der Waals surface area contributed by atoms with E-state index in [0.717, 1.165) is 0 Å². The van der Waals surface area contributed by atoms with Gasteiger partial charge in [-0.1, -0.05) is 9.94 Å². The van der Waals surface area contributed by atoms with Crippen LogP contribution in [-0.2, 0) is 0 Å². The lowest BCUT2D eigenvalue weighted by Crippen LogP contribution is -2.05. The zero-order valence-electron chi connectivity index (χ0n) is 11.1. The highest BCUT2D eigenvalue weighted by Crippen LogP contribution is 2.21. The third kappa shape index (κ3) is 3.24. The van der Waals surface area contributed by atoms with Crippen molar-refractivity contribution in [2.45, 2.75) is 0 Å². The van der Waals surface area contributed by atoms with Crippen LogP contribution in [0.15, 0.2) is 60.8 Å². The summed E-state index contributed by atoms with van der Waals surface area (Å²) >= 11 is 0. The van der Waals surface area contributed by atoms with Crippen molar-refractivity contribution in [3.05, 3.63) is 60.8 Å². The maximum atomic E-state index is 5.62. The molecule has 0 spiro atoms. The van der Waals surface area contributed by atoms with Crippen LogP contribution in [0.25, 0.3) is 0 Å². The normalized spacial score (nSPS) is 10.3. The van der Waals surface area contributed by atoms with Crippen LogP contribution in [0, 0.1) is 0 Å². The Morgan fingerprint density at radius 1 is 0.762 bits per heavy atom. The van der Waals surface area contributed by atoms with Gasteiger partial charge < -0.3 is 21.0 Å². The Kier molecular flexibility index (Phi) is 3.34. The molecule has 21 heavy (non-hydrogen) atoms. The van der Waals surface area contributed by atoms with E-state index in [4.69, 9.17) is 21.0 Å². The average Bonchev–Trinajstić information content (AvgIpc) is 2.91. The van der Waals surface area contributed by atoms with Crippen molar-refractivity contribution in [2.75, 3.05) is 11.5 Å². The lowest BCUT2D eigenvalue weighted by atomic mass is 10.3. The minimum absolute atomic E-state index is 0.426. The number of aromatic nitrogens is 2. The Morgan fingerprint density at radius 2 is 1.33 bits per heavy atom. The van der Waals surface area contributed by atoms with Crippen LogP contribution in [0.2, 0.25) is 0 Å². The topological polar surface area (TPSA) is 88.3 Å². The van der Waals surface area contributed by atoms with Crippen LogP contribution < -0.4 is 21.0 Å². The summed E-state index contributed by atoms with van der Waals surface area (Å²) in [5, 5.41) is 4.16. The molecule has 0 fully saturated rings. The highest BCUT2D eigenvalue weighted by Gasteiger charge is 2.03. The predicted molar refractivity (Wildman–Crippen MR) is 80.0 cm³/mol. The SMILES string of the molecule is Nc1ccc(Oc2ccn(Oc3ccc(N)cc3)n2)cc1. The van der Waals surface area contributed by atoms with Crippen molar-refractivity contribution in [1.82, 2.24) is 9.94 Å². The van der Waals surface area contributed by atoms with Gasteiger partial charge in [-0.2, -0.15) is 0 Å². The van der Waals surface area contributed by atoms with Gasteiger partial charge in [-0.05, 0) is 48.5 Å². The molecule has 0 aliphatic rings. The highest BCUT2D eigenvalue weighted by molar-refractivity contribution is 5.42. The largest absolute Gasteiger partial charge is 0.437 e. The first kappa shape index (κ1) is 12.9. The Hall–Kier alpha value is -3.15. The monoisotopic (exact) mass is 282 g/mol. The summed E-state index contributed by atoms with van der Waals surface area (Å²) < 4.78 is 5.58. The number of anilines is 2. The predicted octanol–water partition coefficient (Wildman–Crippen LogP) is 2.68. The Balaban J connectivity index is 1.68. The molecule has 3 rings (SSSR count). The molecule has 0 bridgehead atoms. The second-order valence-corrected chi connectivity index (χ2v) is 4.39. The molecule has 0 radical (unpaired) electrons. The molecule has 106 valence electrons. The van der Waals surface area contributed by atoms with E-state index in [1.807, 2.05) is 0 Å². The highest BCUT2D eigenvalue weighted by atomic mass is 16.7. The van der Waals surface area contributed by atoms with Crippen LogP contribution in [-0.4, -0.2) is 9.94 Å². The molecule has 0 atom stereocenters. The van der Waals surface area contributed by atoms with Crippen molar-refractivity contribution in [3.63, 3.8) is 0 Å². The maximum absolute atomic E-state index is 5.62. The van der Waals surface area contributed by atoms with Gasteiger partial charge >= 0.3 is 0 Å². The van der Waals surface area contributed by atoms with E-state index in [1.54, 1.807) is 60.8 Å². The molecule has 0 amide bonds. The van der Waals surface area contributed by atoms with E-state index >= 15 is 0 Å². The molecule has 1 aromatic heterocycles. The van der Waals surface area contributed by atoms with Gasteiger partial charge in [0.1, 0.15) is 5.75 Å². The van der Waals surface area contributed by atoms with E-state index in [1.165, 1.54) is 4.85 Å². The summed E-state index contributed by atoms with van der Waals surface area (Å²) in [4.78, 5) is 6.84. The van der Waals surface area contributed by atoms with E-state index in [0.29, 0.717) is 28.8 Å². The standard InChI is InChI=1S/C15H14N4O2/c16-11-1-5-13(6-2-11)20-15-9-10-19(18-15)21-14-7-3-12(17)4-8-14/h1-10H,16-17H2. The summed E-state index contributed by atoms with van der Waals surface area (Å²) in [6.07, 6.45) is 1.66. The Morgan fingerprint density at radius 3 is 1.95 bits per heavy atom. The smallest absolute Gasteiger partial charge is 0.241 e. The van der Waals surface area contributed by atoms with Gasteiger partial charge in [-0.3, -0.25) is 0 Å². The van der Waals surface area contributed by atoms with Gasteiger partial charge in [0.25, 0.3) is 0 Å². The number of benzene rings is 2. The summed E-state index contributed by atoms with van der Waals surface area (Å²) in [7, 11) is 0. The minimum Gasteiger partial charge on any atom is -0.437 e. The van der Waals surface area contributed by atoms with E-state index in [2.05, 4.69) is 5.10 Å². The van der Waals surface area contributed by atoms with Crippen molar-refractivity contribution in [2.24, 2.45) is 0 Å². The molecule has 3 aromatic rings. The fourth-order valence-electron chi connectivity index (χ4n) is 1.69. The first-order valence-corrected chi connectivity index (χ1v) is 6.32. The van der Waals surface area contributed by atoms with Crippen LogP contribution in [0.3, 0.4) is 0 Å². The van der Waals surface area contributed by atoms with Crippen LogP contribution in [0.5, 0.6) is 17.4 Å². The molecule has 0 aliphatic carbocycles. The summed E-state index contributed by atoms with van der Waals surface area (Å²) in [6, 6.07) is 15.8. The van der Waals surface area contributed by atoms with E-state index < -0.39 is 0 Å². The number of rotatable bonds is 4. The molecule has 6 nitrogen and oxygen atoms in total. The zero-order valence-corrected chi connectivity index (χ0v) is 11.1. The third-order valence-corrected chi connectivity index (χ3v) is 2.72. The molecule has 0 saturated carbocycles. The first-order valence-electron chi connectivity index (χ1n) is 6.32. The molecule has 1 heterocycles. The number of nitrogens with zero attached hydrogens (tertiary/aromatic N) is 2. The molecule has 6 heteroatoms. The number of hydrogen-bond acceptors (Lipinski definition) is 5. The minimum atomic E-state index is 0.426. The van der Waals surface area contributed by atoms with E-state index in [-0.39, 0.29) is 0 Å². The van der Waals surface area contributed by atoms with Crippen molar-refractivity contribution < 1.29 is 9.57 Å². The molecular weight excluding hydrogens is 268 g/mol. The van der Waals surface area contributed by atoms with Crippen LogP contribution in [0.4, 0.5) is 11.4 Å². The molecule has 4 N–H and O–H groups in total. The Bertz CT molecular complexity index is 658. The van der Waals surface area contributed by atoms with Gasteiger partial charge in [-0.25, -0.2) is 0 Å². The van der Waals surface area contributed by atoms with Gasteiger partial charge in [0.15, 0.2) is 5.75 Å². The molecular formula is C15H14N4O2. The number of hydrogen-bond donors (Lipinski definition) is 2. The molecule has 0 aliphatic heterocycles. The summed E-state index contributed by atoms with van der Waals surface area (Å²) in [5.41, 5.74) is 12.6. The Labute approximate surface area is 121 Å². The third-order valence-electron chi connectivity index (χ3n) is 2.72. The second kappa shape index (κ2) is 5.46. The first-order chi connectivity index (χ1) is 10.2. The zero-order chi connectivity index (χ0) is 14.7. The average molecular weight is 282 g/mol. The van der Waals surface area contributed by atoms with Crippen molar-refractivity contribution in [3.8, 4) is 17.4 Å². The second-order valence-electron chi connectivity index (χ2n) is 4.39. The van der Waals surface area contributed by atoms with Crippen molar-refractivity contribution >= 4 is 11.4 Å². The maximum Gasteiger partial charge on any atom is 0.241 e. The number of nitrogens with two attached hydrogens (primary N) is 2. The van der Waals surface area contributed by atoms with E-state index in [9.17, 15) is 0 Å². The molecule has 0 saturated heterocycles. The van der Waals surface area contributed by atoms with Crippen LogP contribution in [0.1, 0.15) is 0 Å². The quantitative estimate of drug-likeness (QED) is 0.718. The lowest BCUT2D eigenvalue weighted by molar-refractivity contribution is 0.174. The number of nitrogen functional groups attached to an aromatic ring is 2. The summed E-state index contributed by atoms with van der Waals surface area (Å²) in [5.74, 6) is 1.71. The van der Waals surface area contributed by atoms with Gasteiger partial charge in [0.2, 0.25) is 5.88 Å². The fraction of sp³-hybridized carbons (Fsp3) is 0.